The van der Waals surface area contributed by atoms with E-state index in [4.69, 9.17) is 0 Å². The van der Waals surface area contributed by atoms with Gasteiger partial charge in [-0.3, -0.25) is 4.79 Å². The first-order valence-electron chi connectivity index (χ1n) is 8.81. The van der Waals surface area contributed by atoms with Gasteiger partial charge in [0.1, 0.15) is 0 Å². The Labute approximate surface area is 138 Å². The summed E-state index contributed by atoms with van der Waals surface area (Å²) in [6.45, 7) is 8.96. The van der Waals surface area contributed by atoms with Gasteiger partial charge in [-0.25, -0.2) is 0 Å². The Balaban J connectivity index is 1.60. The molecule has 2 aliphatic heterocycles. The van der Waals surface area contributed by atoms with Crippen LogP contribution in [0.25, 0.3) is 0 Å². The Morgan fingerprint density at radius 2 is 2.09 bits per heavy atom. The van der Waals surface area contributed by atoms with E-state index in [1.54, 1.807) is 0 Å². The van der Waals surface area contributed by atoms with Gasteiger partial charge in [0.25, 0.3) is 0 Å². The Morgan fingerprint density at radius 3 is 2.91 bits per heavy atom. The van der Waals surface area contributed by atoms with E-state index in [0.29, 0.717) is 12.0 Å². The van der Waals surface area contributed by atoms with Crippen LogP contribution in [0, 0.1) is 11.8 Å². The van der Waals surface area contributed by atoms with Crippen LogP contribution >= 0.6 is 0 Å². The number of hydrogen-bond acceptors (Lipinski definition) is 2. The lowest BCUT2D eigenvalue weighted by atomic mass is 9.63. The number of hydrogen-bond donors (Lipinski definition) is 2. The zero-order valence-electron chi connectivity index (χ0n) is 14.1. The van der Waals surface area contributed by atoms with Crippen LogP contribution in [-0.4, -0.2) is 17.5 Å². The van der Waals surface area contributed by atoms with E-state index >= 15 is 0 Å². The number of piperidine rings is 1. The maximum absolute atomic E-state index is 12.5. The molecule has 2 N–H and O–H groups in total. The van der Waals surface area contributed by atoms with Gasteiger partial charge in [0.15, 0.2) is 0 Å². The minimum atomic E-state index is -0.0363. The van der Waals surface area contributed by atoms with Crippen LogP contribution in [0.1, 0.15) is 51.0 Å². The highest BCUT2D eigenvalue weighted by atomic mass is 16.2. The van der Waals surface area contributed by atoms with Crippen molar-refractivity contribution in [3.8, 4) is 0 Å². The minimum absolute atomic E-state index is 0.0363. The fourth-order valence-electron chi connectivity index (χ4n) is 4.92. The van der Waals surface area contributed by atoms with E-state index in [2.05, 4.69) is 37.1 Å². The Bertz CT molecular complexity index is 663. The summed E-state index contributed by atoms with van der Waals surface area (Å²) in [5.41, 5.74) is 3.66. The van der Waals surface area contributed by atoms with E-state index in [0.717, 1.165) is 30.0 Å². The van der Waals surface area contributed by atoms with Gasteiger partial charge in [-0.1, -0.05) is 30.4 Å². The molecule has 2 unspecified atom stereocenters. The van der Waals surface area contributed by atoms with Crippen molar-refractivity contribution in [2.75, 3.05) is 5.32 Å². The highest BCUT2D eigenvalue weighted by Gasteiger charge is 2.46. The Hall–Kier alpha value is -1.61. The van der Waals surface area contributed by atoms with Crippen LogP contribution in [0.4, 0.5) is 5.69 Å². The molecule has 2 bridgehead atoms. The molecule has 1 aromatic rings. The highest BCUT2D eigenvalue weighted by Crippen LogP contribution is 2.47. The van der Waals surface area contributed by atoms with Crippen molar-refractivity contribution in [2.24, 2.45) is 11.8 Å². The Morgan fingerprint density at radius 1 is 1.30 bits per heavy atom. The van der Waals surface area contributed by atoms with Crippen LogP contribution in [-0.2, 0) is 4.79 Å². The fourth-order valence-corrected chi connectivity index (χ4v) is 4.92. The van der Waals surface area contributed by atoms with Gasteiger partial charge in [0.2, 0.25) is 5.91 Å². The smallest absolute Gasteiger partial charge is 0.232 e. The number of amides is 1. The van der Waals surface area contributed by atoms with Crippen LogP contribution in [0.15, 0.2) is 36.4 Å². The largest absolute Gasteiger partial charge is 0.325 e. The first-order valence-corrected chi connectivity index (χ1v) is 8.81. The van der Waals surface area contributed by atoms with Crippen molar-refractivity contribution in [1.29, 1.82) is 0 Å². The molecule has 2 heterocycles. The summed E-state index contributed by atoms with van der Waals surface area (Å²) in [6.07, 6.45) is 4.47. The molecule has 3 heteroatoms. The zero-order valence-corrected chi connectivity index (χ0v) is 14.1. The van der Waals surface area contributed by atoms with Crippen molar-refractivity contribution in [3.63, 3.8) is 0 Å². The number of rotatable bonds is 2. The van der Waals surface area contributed by atoms with E-state index in [1.807, 2.05) is 18.2 Å². The molecular weight excluding hydrogens is 284 g/mol. The van der Waals surface area contributed by atoms with Crippen molar-refractivity contribution < 1.29 is 4.79 Å². The number of anilines is 1. The van der Waals surface area contributed by atoms with Crippen molar-refractivity contribution in [3.05, 3.63) is 42.0 Å². The maximum Gasteiger partial charge on any atom is 0.232 e. The number of fused-ring (bicyclic) bond motifs is 3. The molecule has 122 valence electrons. The topological polar surface area (TPSA) is 41.1 Å². The first kappa shape index (κ1) is 14.9. The lowest BCUT2D eigenvalue weighted by Crippen LogP contribution is -2.60. The molecular formula is C20H26N2O. The lowest BCUT2D eigenvalue weighted by molar-refractivity contribution is -0.117. The van der Waals surface area contributed by atoms with Gasteiger partial charge in [-0.05, 0) is 63.0 Å². The molecule has 0 radical (unpaired) electrons. The molecule has 23 heavy (non-hydrogen) atoms. The third-order valence-electron chi connectivity index (χ3n) is 6.34. The quantitative estimate of drug-likeness (QED) is 0.815. The first-order chi connectivity index (χ1) is 11.0. The molecule has 1 aliphatic carbocycles. The molecule has 1 amide bonds. The van der Waals surface area contributed by atoms with E-state index < -0.39 is 0 Å². The van der Waals surface area contributed by atoms with Gasteiger partial charge in [0.05, 0.1) is 5.92 Å². The summed E-state index contributed by atoms with van der Waals surface area (Å²) in [5, 5.41) is 6.90. The monoisotopic (exact) mass is 310 g/mol. The predicted octanol–water partition coefficient (Wildman–Crippen LogP) is 3.84. The number of carbonyl (C=O) groups excluding carboxylic acids is 1. The molecule has 1 saturated heterocycles. The van der Waals surface area contributed by atoms with E-state index in [1.165, 1.54) is 18.4 Å². The number of para-hydroxylation sites is 1. The molecule has 1 saturated carbocycles. The van der Waals surface area contributed by atoms with Crippen molar-refractivity contribution in [1.82, 2.24) is 5.32 Å². The summed E-state index contributed by atoms with van der Waals surface area (Å²) >= 11 is 0. The second-order valence-electron chi connectivity index (χ2n) is 8.07. The molecule has 4 atom stereocenters. The van der Waals surface area contributed by atoms with Crippen LogP contribution in [0.5, 0.6) is 0 Å². The van der Waals surface area contributed by atoms with Crippen LogP contribution in [0.3, 0.4) is 0 Å². The highest BCUT2D eigenvalue weighted by molar-refractivity contribution is 6.02. The van der Waals surface area contributed by atoms with Gasteiger partial charge >= 0.3 is 0 Å². The fraction of sp³-hybridized carbons (Fsp3) is 0.550. The molecule has 2 fully saturated rings. The minimum Gasteiger partial charge on any atom is -0.325 e. The van der Waals surface area contributed by atoms with Crippen LogP contribution in [0.2, 0.25) is 0 Å². The summed E-state index contributed by atoms with van der Waals surface area (Å²) in [5.74, 6) is 1.35. The second kappa shape index (κ2) is 5.20. The molecule has 3 aliphatic rings. The lowest BCUT2D eigenvalue weighted by Gasteiger charge is -2.52. The number of benzene rings is 1. The van der Waals surface area contributed by atoms with Crippen molar-refractivity contribution in [2.45, 2.75) is 57.0 Å². The predicted molar refractivity (Wildman–Crippen MR) is 93.4 cm³/mol. The standard InChI is InChI=1S/C20H26N2O/c1-12-8-9-13-10-15(12)18(22-20(13,2)3)11-16-14-6-4-5-7-17(14)21-19(16)23/h4-7,13,15-16,18,22H,1,8-11H2,2-3H3,(H,21,23)/t13?,15-,16?,18-/m1/s1. The van der Waals surface area contributed by atoms with Gasteiger partial charge in [-0.15, -0.1) is 0 Å². The van der Waals surface area contributed by atoms with Crippen molar-refractivity contribution >= 4 is 11.6 Å². The average Bonchev–Trinajstić information content (AvgIpc) is 2.82. The zero-order chi connectivity index (χ0) is 16.2. The normalized spacial score (nSPS) is 34.9. The third-order valence-corrected chi connectivity index (χ3v) is 6.34. The van der Waals surface area contributed by atoms with E-state index in [-0.39, 0.29) is 17.4 Å². The third kappa shape index (κ3) is 2.42. The number of carbonyl (C=O) groups is 1. The Kier molecular flexibility index (Phi) is 3.38. The average molecular weight is 310 g/mol. The SMILES string of the molecule is C=C1CCC2C[C@H]1[C@@H](CC1C(=O)Nc3ccccc31)NC2(C)C. The summed E-state index contributed by atoms with van der Waals surface area (Å²) in [4.78, 5) is 12.5. The van der Waals surface area contributed by atoms with E-state index in [9.17, 15) is 4.79 Å². The summed E-state index contributed by atoms with van der Waals surface area (Å²) in [6, 6.07) is 8.44. The molecule has 4 rings (SSSR count). The molecule has 1 aromatic carbocycles. The molecule has 0 spiro atoms. The van der Waals surface area contributed by atoms with Gasteiger partial charge in [-0.2, -0.15) is 0 Å². The van der Waals surface area contributed by atoms with Crippen LogP contribution < -0.4 is 10.6 Å². The summed E-state index contributed by atoms with van der Waals surface area (Å²) < 4.78 is 0. The maximum atomic E-state index is 12.5. The van der Waals surface area contributed by atoms with Gasteiger partial charge < -0.3 is 10.6 Å². The molecule has 3 nitrogen and oxygen atoms in total. The number of nitrogens with one attached hydrogen (secondary N) is 2. The second-order valence-corrected chi connectivity index (χ2v) is 8.07. The molecule has 0 aromatic heterocycles. The summed E-state index contributed by atoms with van der Waals surface area (Å²) in [7, 11) is 0. The van der Waals surface area contributed by atoms with Gasteiger partial charge in [0, 0.05) is 17.3 Å².